The fourth-order valence-corrected chi connectivity index (χ4v) is 7.33. The number of hydrogen-bond acceptors (Lipinski definition) is 22. The minimum Gasteiger partial charge on any atom is -0.478 e. The Bertz CT molecular complexity index is 2190. The molecule has 6 rings (SSSR count). The minimum atomic E-state index is -1.51. The predicted octanol–water partition coefficient (Wildman–Crippen LogP) is -2.25. The van der Waals surface area contributed by atoms with Gasteiger partial charge in [0.05, 0.1) is 62.4 Å². The van der Waals surface area contributed by atoms with Crippen molar-refractivity contribution in [3.8, 4) is 17.2 Å². The molecule has 0 spiro atoms. The van der Waals surface area contributed by atoms with Crippen molar-refractivity contribution < 1.29 is 119 Å². The molecule has 3 aromatic carbocycles. The van der Waals surface area contributed by atoms with Crippen molar-refractivity contribution in [3.05, 3.63) is 87.0 Å². The second-order valence-electron chi connectivity index (χ2n) is 16.3. The standard InChI is InChI=1S/3C15H20O8/c1-7-2-8(15(20)21)3-9(5-16)14(7)23-12-4-10(18)13(19)11(6-17)22-12;1-6-3-8(14(20)21)4-9(5-16)13(6)23-15-12(19)11(18)10(17)7(2)22-15;1-7-5-8(14(20)21-2)3-4-9(7)22-15-13(19)12(18)11(17)10(6-16)23-15/h2-3,10-13,16-19H,4-6H2,1H3,(H,20,21);3-4,7,10-12,15-19H,5H2,1-2H3,(H,20,21);3-5,10-13,15-19H,6H2,1-2H3/t10-,11-,12+,13+;7-,10-,11+,12+,15-;10-,11-,12+,13-,15-/m101/s1. The average Bonchev–Trinajstić information content (AvgIpc) is 3.32. The number of benzene rings is 3. The Labute approximate surface area is 394 Å². The SMILES string of the molecule is COC(=O)c1ccc(O[C@@H]2O[C@H](CO)[C@@H](O)[C@H](O)[C@H]2O)c(C)c1.Cc1cc(C(=O)O)cc(CO)c1O[C@@H]1O[C@@H](C)[C@H](O)[C@@H](O)[C@H]1O.Cc1cc(C(=O)O)cc(CO)c1O[C@H]1C[C@@H](O)[C@H](O)[C@@H](CO)O1. The number of aliphatic hydroxyl groups excluding tert-OH is 12. The quantitative estimate of drug-likeness (QED) is 0.0804. The summed E-state index contributed by atoms with van der Waals surface area (Å²) in [6.45, 7) is 4.49. The van der Waals surface area contributed by atoms with Gasteiger partial charge in [-0.25, -0.2) is 14.4 Å². The molecular formula is C45H60O24. The number of carboxylic acid groups (broad SMARTS) is 2. The van der Waals surface area contributed by atoms with Crippen LogP contribution in [0.5, 0.6) is 17.2 Å². The van der Waals surface area contributed by atoms with Crippen LogP contribution in [-0.4, -0.2) is 196 Å². The van der Waals surface area contributed by atoms with Gasteiger partial charge in [0.2, 0.25) is 18.9 Å². The molecule has 0 saturated carbocycles. The van der Waals surface area contributed by atoms with Crippen molar-refractivity contribution in [2.45, 2.75) is 133 Å². The van der Waals surface area contributed by atoms with Crippen molar-refractivity contribution >= 4 is 17.9 Å². The summed E-state index contributed by atoms with van der Waals surface area (Å²) in [5, 5.41) is 134. The van der Waals surface area contributed by atoms with Crippen molar-refractivity contribution in [2.24, 2.45) is 0 Å². The molecule has 0 aromatic heterocycles. The Morgan fingerprint density at radius 2 is 1.04 bits per heavy atom. The van der Waals surface area contributed by atoms with Gasteiger partial charge in [-0.3, -0.25) is 0 Å². The summed E-state index contributed by atoms with van der Waals surface area (Å²) in [7, 11) is 1.27. The summed E-state index contributed by atoms with van der Waals surface area (Å²) in [6, 6.07) is 9.85. The number of methoxy groups -OCH3 is 1. The summed E-state index contributed by atoms with van der Waals surface area (Å²) in [4.78, 5) is 33.6. The smallest absolute Gasteiger partial charge is 0.337 e. The number of hydrogen-bond donors (Lipinski definition) is 14. The third-order valence-electron chi connectivity index (χ3n) is 11.2. The van der Waals surface area contributed by atoms with Gasteiger partial charge in [0.1, 0.15) is 72.2 Å². The third-order valence-corrected chi connectivity index (χ3v) is 11.2. The lowest BCUT2D eigenvalue weighted by Crippen LogP contribution is -2.60. The lowest BCUT2D eigenvalue weighted by atomic mass is 9.99. The molecule has 69 heavy (non-hydrogen) atoms. The molecule has 24 heteroatoms. The van der Waals surface area contributed by atoms with Gasteiger partial charge in [0, 0.05) is 17.5 Å². The highest BCUT2D eigenvalue weighted by molar-refractivity contribution is 5.90. The van der Waals surface area contributed by atoms with Gasteiger partial charge in [-0.05, 0) is 86.8 Å². The number of aromatic carboxylic acids is 2. The van der Waals surface area contributed by atoms with Crippen molar-refractivity contribution in [2.75, 3.05) is 20.3 Å². The lowest BCUT2D eigenvalue weighted by Gasteiger charge is -2.39. The number of carboxylic acids is 2. The van der Waals surface area contributed by atoms with E-state index in [1.165, 1.54) is 50.4 Å². The molecule has 14 atom stereocenters. The molecule has 0 amide bonds. The molecule has 3 fully saturated rings. The van der Waals surface area contributed by atoms with E-state index < -0.39 is 130 Å². The van der Waals surface area contributed by atoms with Crippen LogP contribution in [0.1, 0.15) is 72.2 Å². The second-order valence-corrected chi connectivity index (χ2v) is 16.3. The highest BCUT2D eigenvalue weighted by Gasteiger charge is 2.46. The average molecular weight is 985 g/mol. The number of carbonyl (C=O) groups excluding carboxylic acids is 1. The van der Waals surface area contributed by atoms with Gasteiger partial charge in [0.25, 0.3) is 0 Å². The first kappa shape index (κ1) is 56.5. The zero-order valence-electron chi connectivity index (χ0n) is 38.0. The van der Waals surface area contributed by atoms with Crippen LogP contribution in [0, 0.1) is 20.8 Å². The summed E-state index contributed by atoms with van der Waals surface area (Å²) in [6.07, 6.45) is -17.3. The maximum absolute atomic E-state index is 11.5. The Morgan fingerprint density at radius 3 is 1.52 bits per heavy atom. The summed E-state index contributed by atoms with van der Waals surface area (Å²) in [5.74, 6) is -2.02. The minimum absolute atomic E-state index is 0.00663. The number of aryl methyl sites for hydroxylation is 3. The molecule has 0 unspecified atom stereocenters. The molecule has 0 aliphatic carbocycles. The molecule has 0 bridgehead atoms. The van der Waals surface area contributed by atoms with Gasteiger partial charge >= 0.3 is 17.9 Å². The highest BCUT2D eigenvalue weighted by Crippen LogP contribution is 2.33. The van der Waals surface area contributed by atoms with Crippen LogP contribution in [0.2, 0.25) is 0 Å². The molecule has 3 aromatic rings. The number of esters is 1. The largest absolute Gasteiger partial charge is 0.478 e. The van der Waals surface area contributed by atoms with Crippen LogP contribution in [0.25, 0.3) is 0 Å². The number of ether oxygens (including phenoxy) is 7. The number of rotatable bonds is 13. The number of aliphatic hydroxyl groups is 12. The van der Waals surface area contributed by atoms with Gasteiger partial charge in [-0.15, -0.1) is 0 Å². The molecule has 3 aliphatic rings. The Morgan fingerprint density at radius 1 is 0.565 bits per heavy atom. The van der Waals surface area contributed by atoms with Crippen LogP contribution in [-0.2, 0) is 32.2 Å². The third kappa shape index (κ3) is 13.8. The van der Waals surface area contributed by atoms with E-state index in [4.69, 9.17) is 48.8 Å². The number of carbonyl (C=O) groups is 3. The Balaban J connectivity index is 0.000000225. The molecule has 384 valence electrons. The van der Waals surface area contributed by atoms with E-state index in [9.17, 15) is 65.4 Å². The van der Waals surface area contributed by atoms with Crippen LogP contribution < -0.4 is 14.2 Å². The molecule has 24 nitrogen and oxygen atoms in total. The molecule has 0 radical (unpaired) electrons. The van der Waals surface area contributed by atoms with Crippen LogP contribution in [0.15, 0.2) is 42.5 Å². The van der Waals surface area contributed by atoms with Crippen molar-refractivity contribution in [1.29, 1.82) is 0 Å². The second kappa shape index (κ2) is 25.1. The molecule has 14 N–H and O–H groups in total. The van der Waals surface area contributed by atoms with Gasteiger partial charge in [-0.1, -0.05) is 0 Å². The Kier molecular flexibility index (Phi) is 20.6. The van der Waals surface area contributed by atoms with E-state index in [1.54, 1.807) is 26.8 Å². The van der Waals surface area contributed by atoms with E-state index in [1.807, 2.05) is 0 Å². The lowest BCUT2D eigenvalue weighted by molar-refractivity contribution is -0.277. The van der Waals surface area contributed by atoms with Gasteiger partial charge < -0.3 is 105 Å². The van der Waals surface area contributed by atoms with E-state index in [-0.39, 0.29) is 40.2 Å². The van der Waals surface area contributed by atoms with Gasteiger partial charge in [0.15, 0.2) is 0 Å². The highest BCUT2D eigenvalue weighted by atomic mass is 16.7. The summed E-state index contributed by atoms with van der Waals surface area (Å²) < 4.78 is 37.3. The predicted molar refractivity (Wildman–Crippen MR) is 231 cm³/mol. The molecule has 3 heterocycles. The summed E-state index contributed by atoms with van der Waals surface area (Å²) >= 11 is 0. The normalized spacial score (nSPS) is 29.8. The van der Waals surface area contributed by atoms with E-state index in [0.29, 0.717) is 28.0 Å². The molecule has 3 aliphatic heterocycles. The maximum atomic E-state index is 11.5. The van der Waals surface area contributed by atoms with E-state index in [2.05, 4.69) is 4.74 Å². The molecular weight excluding hydrogens is 924 g/mol. The fourth-order valence-electron chi connectivity index (χ4n) is 7.33. The zero-order valence-corrected chi connectivity index (χ0v) is 38.0. The molecule has 3 saturated heterocycles. The fraction of sp³-hybridized carbons (Fsp3) is 0.533. The zero-order chi connectivity index (χ0) is 51.6. The van der Waals surface area contributed by atoms with Crippen LogP contribution in [0.3, 0.4) is 0 Å². The first-order valence-electron chi connectivity index (χ1n) is 21.3. The topological polar surface area (TPSA) is 399 Å². The van der Waals surface area contributed by atoms with Crippen LogP contribution >= 0.6 is 0 Å². The monoisotopic (exact) mass is 984 g/mol. The Hall–Kier alpha value is -5.13. The van der Waals surface area contributed by atoms with Gasteiger partial charge in [-0.2, -0.15) is 0 Å². The van der Waals surface area contributed by atoms with Crippen LogP contribution in [0.4, 0.5) is 0 Å². The van der Waals surface area contributed by atoms with E-state index >= 15 is 0 Å². The van der Waals surface area contributed by atoms with E-state index in [0.717, 1.165) is 0 Å². The first-order chi connectivity index (χ1) is 32.5. The summed E-state index contributed by atoms with van der Waals surface area (Å²) in [5.41, 5.74) is 2.34. The first-order valence-corrected chi connectivity index (χ1v) is 21.3. The van der Waals surface area contributed by atoms with Crippen molar-refractivity contribution in [3.63, 3.8) is 0 Å². The maximum Gasteiger partial charge on any atom is 0.337 e. The van der Waals surface area contributed by atoms with Crippen molar-refractivity contribution in [1.82, 2.24) is 0 Å².